The van der Waals surface area contributed by atoms with Gasteiger partial charge in [-0.2, -0.15) is 0 Å². The molecule has 2 unspecified atom stereocenters. The van der Waals surface area contributed by atoms with Gasteiger partial charge in [-0.3, -0.25) is 0 Å². The van der Waals surface area contributed by atoms with Gasteiger partial charge in [-0.15, -0.1) is 4.79 Å². The predicted octanol–water partition coefficient (Wildman–Crippen LogP) is 3.55. The number of allylic oxidation sites excluding steroid dienone is 4. The van der Waals surface area contributed by atoms with Crippen molar-refractivity contribution in [2.45, 2.75) is 46.0 Å². The molecule has 10 nitrogen and oxygen atoms in total. The van der Waals surface area contributed by atoms with Crippen molar-refractivity contribution in [3.63, 3.8) is 0 Å². The molecule has 0 radical (unpaired) electrons. The van der Waals surface area contributed by atoms with Gasteiger partial charge in [0, 0.05) is 0 Å². The molecule has 0 saturated carbocycles. The maximum Gasteiger partial charge on any atom is 0.504 e. The molecule has 0 heterocycles. The number of hydrogen-bond acceptors (Lipinski definition) is 8. The van der Waals surface area contributed by atoms with Gasteiger partial charge < -0.3 is 5.53 Å². The van der Waals surface area contributed by atoms with Gasteiger partial charge in [-0.05, 0) is 63.1 Å². The lowest BCUT2D eigenvalue weighted by atomic mass is 10.0. The van der Waals surface area contributed by atoms with Crippen molar-refractivity contribution in [3.05, 3.63) is 112 Å². The summed E-state index contributed by atoms with van der Waals surface area (Å²) in [5.74, 6) is 0. The summed E-state index contributed by atoms with van der Waals surface area (Å²) in [6.45, 7) is 2.81. The van der Waals surface area contributed by atoms with E-state index in [4.69, 9.17) is 0 Å². The summed E-state index contributed by atoms with van der Waals surface area (Å²) < 4.78 is 101. The SMILES string of the molecule is CC1(S(=O)(=O)c2ccccc2)C=CC(S(=O)(=O)C(=[N+]=[N-])S(=O)(=O)C2=CCC(C)(S(=O)(=O)c3ccccc3)C=C2)=CC1. The maximum atomic E-state index is 13.3. The standard InChI is InChI=1S/C27H26N2O8S4/c1-26(40(34,35)23-9-5-3-6-10-23)17-13-21(14-18-26)38(30,31)25(29-28)39(32,33)22-15-19-27(2,20-16-22)41(36,37)24-11-7-4-8-12-24/h3-17,19H,18,20H2,1-2H3. The molecular formula is C27H26N2O8S4. The van der Waals surface area contributed by atoms with Crippen LogP contribution in [0.3, 0.4) is 0 Å². The van der Waals surface area contributed by atoms with Crippen LogP contribution >= 0.6 is 0 Å². The molecule has 2 atom stereocenters. The predicted molar refractivity (Wildman–Crippen MR) is 154 cm³/mol. The van der Waals surface area contributed by atoms with E-state index in [1.807, 2.05) is 0 Å². The van der Waals surface area contributed by atoms with Crippen molar-refractivity contribution < 1.29 is 38.5 Å². The number of rotatable bonds is 6. The molecule has 14 heteroatoms. The molecule has 0 fully saturated rings. The van der Waals surface area contributed by atoms with Crippen molar-refractivity contribution in [2.75, 3.05) is 0 Å². The van der Waals surface area contributed by atoms with Crippen LogP contribution in [0.4, 0.5) is 0 Å². The molecule has 0 aliphatic heterocycles. The Bertz CT molecular complexity index is 1870. The van der Waals surface area contributed by atoms with Gasteiger partial charge in [-0.25, -0.2) is 33.7 Å². The molecule has 41 heavy (non-hydrogen) atoms. The van der Waals surface area contributed by atoms with Crippen LogP contribution < -0.4 is 0 Å². The first-order valence-electron chi connectivity index (χ1n) is 12.1. The average molecular weight is 635 g/mol. The molecule has 0 saturated heterocycles. The van der Waals surface area contributed by atoms with Crippen LogP contribution in [0.5, 0.6) is 0 Å². The summed E-state index contributed by atoms with van der Waals surface area (Å²) in [4.78, 5) is 1.54. The molecule has 0 bridgehead atoms. The van der Waals surface area contributed by atoms with E-state index < -0.39 is 63.0 Å². The molecule has 2 aromatic rings. The van der Waals surface area contributed by atoms with Crippen LogP contribution in [0.1, 0.15) is 26.7 Å². The third-order valence-corrected chi connectivity index (χ3v) is 16.2. The van der Waals surface area contributed by atoms with Gasteiger partial charge in [0.25, 0.3) is 19.7 Å². The van der Waals surface area contributed by atoms with Gasteiger partial charge in [0.2, 0.25) is 0 Å². The first-order chi connectivity index (χ1) is 19.0. The fourth-order valence-electron chi connectivity index (χ4n) is 4.38. The van der Waals surface area contributed by atoms with Crippen molar-refractivity contribution >= 4 is 43.7 Å². The Morgan fingerprint density at radius 3 is 1.24 bits per heavy atom. The number of nitrogens with zero attached hydrogens (tertiary/aromatic N) is 2. The fraction of sp³-hybridized carbons (Fsp3) is 0.222. The highest BCUT2D eigenvalue weighted by molar-refractivity contribution is 8.34. The van der Waals surface area contributed by atoms with Crippen molar-refractivity contribution in [3.8, 4) is 0 Å². The number of sulfone groups is 4. The highest BCUT2D eigenvalue weighted by Gasteiger charge is 2.49. The lowest BCUT2D eigenvalue weighted by Gasteiger charge is -2.28. The topological polar surface area (TPSA) is 173 Å². The van der Waals surface area contributed by atoms with Crippen LogP contribution in [0.2, 0.25) is 0 Å². The highest BCUT2D eigenvalue weighted by Crippen LogP contribution is 2.37. The Kier molecular flexibility index (Phi) is 7.78. The summed E-state index contributed by atoms with van der Waals surface area (Å²) in [7, 11) is -17.8. The van der Waals surface area contributed by atoms with Gasteiger partial charge in [0.15, 0.2) is 19.7 Å². The van der Waals surface area contributed by atoms with E-state index in [0.717, 1.165) is 36.5 Å². The smallest absolute Gasteiger partial charge is 0.359 e. The van der Waals surface area contributed by atoms with Gasteiger partial charge in [0.1, 0.15) is 0 Å². The van der Waals surface area contributed by atoms with E-state index >= 15 is 0 Å². The van der Waals surface area contributed by atoms with E-state index in [1.165, 1.54) is 38.1 Å². The first-order valence-corrected chi connectivity index (χ1v) is 18.1. The first kappa shape index (κ1) is 30.5. The third-order valence-electron chi connectivity index (χ3n) is 7.11. The second-order valence-corrected chi connectivity index (χ2v) is 18.7. The maximum absolute atomic E-state index is 13.3. The van der Waals surface area contributed by atoms with E-state index in [2.05, 4.69) is 4.79 Å². The molecule has 2 aliphatic carbocycles. The van der Waals surface area contributed by atoms with E-state index in [-0.39, 0.29) is 22.6 Å². The van der Waals surface area contributed by atoms with E-state index in [9.17, 15) is 39.2 Å². The van der Waals surface area contributed by atoms with Gasteiger partial charge in [0.05, 0.1) is 29.1 Å². The van der Waals surface area contributed by atoms with Gasteiger partial charge in [-0.1, -0.05) is 60.7 Å². The zero-order chi connectivity index (χ0) is 30.3. The van der Waals surface area contributed by atoms with Gasteiger partial charge >= 0.3 is 4.38 Å². The molecular weight excluding hydrogens is 609 g/mol. The molecule has 0 spiro atoms. The quantitative estimate of drug-likeness (QED) is 0.201. The van der Waals surface area contributed by atoms with E-state index in [0.29, 0.717) is 0 Å². The minimum atomic E-state index is -4.94. The monoisotopic (exact) mass is 634 g/mol. The second kappa shape index (κ2) is 10.4. The average Bonchev–Trinajstić information content (AvgIpc) is 2.94. The minimum Gasteiger partial charge on any atom is -0.359 e. The summed E-state index contributed by atoms with van der Waals surface area (Å²) >= 11 is 0. The molecule has 0 aromatic heterocycles. The molecule has 2 aromatic carbocycles. The largest absolute Gasteiger partial charge is 0.504 e. The summed E-state index contributed by atoms with van der Waals surface area (Å²) in [5.41, 5.74) is 9.56. The number of hydrogen-bond donors (Lipinski definition) is 0. The Morgan fingerprint density at radius 2 is 0.976 bits per heavy atom. The normalized spacial score (nSPS) is 23.3. The lowest BCUT2D eigenvalue weighted by Crippen LogP contribution is -2.36. The Hall–Kier alpha value is -3.42. The number of benzene rings is 2. The molecule has 4 rings (SSSR count). The minimum absolute atomic E-state index is 0.0318. The van der Waals surface area contributed by atoms with E-state index in [1.54, 1.807) is 36.4 Å². The van der Waals surface area contributed by atoms with Crippen LogP contribution in [-0.2, 0) is 39.3 Å². The molecule has 2 aliphatic rings. The van der Waals surface area contributed by atoms with Crippen molar-refractivity contribution in [1.82, 2.24) is 0 Å². The zero-order valence-corrected chi connectivity index (χ0v) is 25.2. The zero-order valence-electron chi connectivity index (χ0n) is 21.9. The fourth-order valence-corrected chi connectivity index (χ4v) is 11.0. The summed E-state index contributed by atoms with van der Waals surface area (Å²) in [6, 6.07) is 15.2. The van der Waals surface area contributed by atoms with Crippen LogP contribution in [-0.4, -0.2) is 52.3 Å². The highest BCUT2D eigenvalue weighted by atomic mass is 32.3. The molecule has 0 N–H and O–H groups in total. The Morgan fingerprint density at radius 1 is 0.634 bits per heavy atom. The van der Waals surface area contributed by atoms with Crippen LogP contribution in [0.25, 0.3) is 5.53 Å². The lowest BCUT2D eigenvalue weighted by molar-refractivity contribution is 0.00396. The molecule has 216 valence electrons. The van der Waals surface area contributed by atoms with Crippen LogP contribution in [0, 0.1) is 0 Å². The Labute approximate surface area is 239 Å². The van der Waals surface area contributed by atoms with Crippen LogP contribution in [0.15, 0.2) is 117 Å². The Balaban J connectivity index is 1.62. The second-order valence-electron chi connectivity index (χ2n) is 9.92. The third kappa shape index (κ3) is 5.10. The van der Waals surface area contributed by atoms with Crippen molar-refractivity contribution in [2.24, 2.45) is 0 Å². The summed E-state index contributed by atoms with van der Waals surface area (Å²) in [6.07, 6.45) is 5.77. The molecule has 0 amide bonds. The van der Waals surface area contributed by atoms with Crippen molar-refractivity contribution in [1.29, 1.82) is 0 Å². The summed E-state index contributed by atoms with van der Waals surface area (Å²) in [5, 5.41) is 0.